The fraction of sp³-hybridized carbons (Fsp3) is 0.407. The highest BCUT2D eigenvalue weighted by Gasteiger charge is 2.32. The molecule has 1 aromatic heterocycles. The van der Waals surface area contributed by atoms with Crippen molar-refractivity contribution in [2.24, 2.45) is 5.92 Å². The number of aromatic nitrogens is 1. The van der Waals surface area contributed by atoms with Gasteiger partial charge in [-0.1, -0.05) is 26.0 Å². The van der Waals surface area contributed by atoms with Gasteiger partial charge in [-0.2, -0.15) is 4.31 Å². The average Bonchev–Trinajstić information content (AvgIpc) is 3.57. The summed E-state index contributed by atoms with van der Waals surface area (Å²) in [7, 11) is -4.09. The molecule has 4 rings (SSSR count). The molecule has 2 heterocycles. The number of nitrogens with one attached hydrogen (secondary N) is 1. The minimum Gasteiger partial charge on any atom is -0.487 e. The summed E-state index contributed by atoms with van der Waals surface area (Å²) in [6, 6.07) is 9.53. The zero-order valence-corrected chi connectivity index (χ0v) is 23.9. The third kappa shape index (κ3) is 7.62. The van der Waals surface area contributed by atoms with Crippen molar-refractivity contribution in [1.29, 1.82) is 0 Å². The van der Waals surface area contributed by atoms with Crippen molar-refractivity contribution in [2.45, 2.75) is 50.8 Å². The Labute approximate surface area is 240 Å². The van der Waals surface area contributed by atoms with E-state index in [9.17, 15) is 23.4 Å². The minimum absolute atomic E-state index is 0.0124. The maximum absolute atomic E-state index is 13.6. The molecule has 1 aliphatic rings. The molecule has 0 radical (unpaired) electrons. The van der Waals surface area contributed by atoms with E-state index in [4.69, 9.17) is 17.0 Å². The van der Waals surface area contributed by atoms with E-state index in [0.29, 0.717) is 22.1 Å². The number of aliphatic hydroxyl groups is 1. The highest BCUT2D eigenvalue weighted by molar-refractivity contribution is 7.89. The molecule has 0 saturated carbocycles. The summed E-state index contributed by atoms with van der Waals surface area (Å²) in [5.41, 5.74) is 0.767. The first kappa shape index (κ1) is 26.8. The summed E-state index contributed by atoms with van der Waals surface area (Å²) in [6.45, 7) is 2.99. The van der Waals surface area contributed by atoms with Gasteiger partial charge in [0, 0.05) is 24.5 Å². The number of rotatable bonds is 13. The van der Waals surface area contributed by atoms with Crippen LogP contribution in [0, 0.1) is 12.8 Å². The van der Waals surface area contributed by atoms with Gasteiger partial charge in [-0.3, -0.25) is 0 Å². The van der Waals surface area contributed by atoms with Crippen molar-refractivity contribution in [2.75, 3.05) is 19.9 Å². The molecule has 3 aromatic rings. The third-order valence-electron chi connectivity index (χ3n) is 5.99. The van der Waals surface area contributed by atoms with Crippen LogP contribution in [0.15, 0.2) is 52.7 Å². The summed E-state index contributed by atoms with van der Waals surface area (Å²) in [5.74, 6) is 0.874. The number of amides is 1. The number of nitrogens with zero attached hydrogens (tertiary/aromatic N) is 2. The van der Waals surface area contributed by atoms with Crippen LogP contribution >= 0.6 is 11.3 Å². The lowest BCUT2D eigenvalue weighted by atomic mass is 10.0. The van der Waals surface area contributed by atoms with E-state index in [1.165, 1.54) is 41.7 Å². The smallest absolute Gasteiger partial charge is 0.404 e. The molecule has 13 heteroatoms. The number of hydrogen-bond donors (Lipinski definition) is 3. The van der Waals surface area contributed by atoms with Gasteiger partial charge in [0.1, 0.15) is 12.3 Å². The number of aliphatic hydroxyl groups excluding tert-OH is 1. The predicted octanol–water partition coefficient (Wildman–Crippen LogP) is 3.65. The van der Waals surface area contributed by atoms with Gasteiger partial charge in [0.2, 0.25) is 16.8 Å². The largest absolute Gasteiger partial charge is 0.487 e. The molecule has 11 nitrogen and oxygen atoms in total. The number of sulfonamides is 1. The van der Waals surface area contributed by atoms with Gasteiger partial charge in [0.05, 0.1) is 30.5 Å². The summed E-state index contributed by atoms with van der Waals surface area (Å²) < 4.78 is 60.8. The van der Waals surface area contributed by atoms with Gasteiger partial charge < -0.3 is 29.7 Å². The normalized spacial score (nSPS) is 15.4. The van der Waals surface area contributed by atoms with Crippen molar-refractivity contribution in [3.8, 4) is 17.2 Å². The predicted molar refractivity (Wildman–Crippen MR) is 148 cm³/mol. The number of benzene rings is 2. The lowest BCUT2D eigenvalue weighted by molar-refractivity contribution is 0.0980. The highest BCUT2D eigenvalue weighted by Crippen LogP contribution is 2.35. The molecule has 0 saturated heterocycles. The van der Waals surface area contributed by atoms with Crippen molar-refractivity contribution < 1.29 is 40.4 Å². The fourth-order valence-electron chi connectivity index (χ4n) is 4.11. The van der Waals surface area contributed by atoms with Gasteiger partial charge in [-0.05, 0) is 49.1 Å². The van der Waals surface area contributed by atoms with Crippen LogP contribution in [0.1, 0.15) is 32.9 Å². The summed E-state index contributed by atoms with van der Waals surface area (Å²) in [4.78, 5) is 15.7. The Balaban J connectivity index is 1.49. The summed E-state index contributed by atoms with van der Waals surface area (Å²) >= 11 is 1.31. The molecule has 1 amide bonds. The number of thiazole rings is 1. The second kappa shape index (κ2) is 12.9. The molecule has 0 fully saturated rings. The maximum Gasteiger partial charge on any atom is 0.404 e. The second-order valence-electron chi connectivity index (χ2n) is 9.66. The van der Waals surface area contributed by atoms with Crippen molar-refractivity contribution in [3.05, 3.63) is 64.1 Å². The lowest BCUT2D eigenvalue weighted by Gasteiger charge is -2.30. The molecule has 0 bridgehead atoms. The average molecular weight is 594 g/mol. The molecule has 2 atom stereocenters. The third-order valence-corrected chi connectivity index (χ3v) is 8.59. The molecule has 3 N–H and O–H groups in total. The number of aryl methyl sites for hydroxylation is 1. The first-order chi connectivity index (χ1) is 19.7. The monoisotopic (exact) mass is 593 g/mol. The van der Waals surface area contributed by atoms with Crippen LogP contribution < -0.4 is 19.5 Å². The second-order valence-corrected chi connectivity index (χ2v) is 12.7. The Morgan fingerprint density at radius 3 is 2.58 bits per heavy atom. The van der Waals surface area contributed by atoms with E-state index >= 15 is 0 Å². The van der Waals surface area contributed by atoms with Crippen LogP contribution in [0.2, 0.25) is 0 Å². The Morgan fingerprint density at radius 1 is 1.20 bits per heavy atom. The molecule has 40 heavy (non-hydrogen) atoms. The molecule has 0 aliphatic carbocycles. The first-order valence-electron chi connectivity index (χ1n) is 13.5. The van der Waals surface area contributed by atoms with Gasteiger partial charge in [0.25, 0.3) is 0 Å². The minimum atomic E-state index is -4.09. The van der Waals surface area contributed by atoms with Crippen LogP contribution in [0.3, 0.4) is 0 Å². The van der Waals surface area contributed by atoms with Crippen LogP contribution in [-0.2, 0) is 23.0 Å². The standard InChI is InChI=1S/C27H33N3O8S2/c1-17(2)12-30(40(34,35)22-8-9-25-26(11-22)38-16-37-25)13-24(31)23(29-27(32)33)10-19-4-6-21(7-5-19)36-14-20-15-39-18(3)28-20/h4-9,11,15,17,23-24,29,31H,10,12-14,16H2,1-3H3,(H,32,33)/t23-,24+/m0/s1/i14D2. The maximum atomic E-state index is 13.6. The van der Waals surface area contributed by atoms with Crippen molar-refractivity contribution in [3.63, 3.8) is 0 Å². The molecule has 0 unspecified atom stereocenters. The van der Waals surface area contributed by atoms with Gasteiger partial charge >= 0.3 is 6.09 Å². The molecular formula is C27H33N3O8S2. The van der Waals surface area contributed by atoms with Crippen LogP contribution in [0.5, 0.6) is 17.2 Å². The zero-order valence-electron chi connectivity index (χ0n) is 24.2. The number of carbonyl (C=O) groups is 1. The van der Waals surface area contributed by atoms with Crippen molar-refractivity contribution in [1.82, 2.24) is 14.6 Å². The molecular weight excluding hydrogens is 558 g/mol. The Kier molecular flexibility index (Phi) is 8.62. The lowest BCUT2D eigenvalue weighted by Crippen LogP contribution is -2.50. The van der Waals surface area contributed by atoms with E-state index in [-0.39, 0.29) is 48.6 Å². The Bertz CT molecular complexity index is 1500. The van der Waals surface area contributed by atoms with Crippen LogP contribution in [-0.4, -0.2) is 66.0 Å². The van der Waals surface area contributed by atoms with E-state index in [1.807, 2.05) is 13.8 Å². The topological polar surface area (TPSA) is 148 Å². The van der Waals surface area contributed by atoms with Crippen LogP contribution in [0.25, 0.3) is 0 Å². The molecule has 216 valence electrons. The molecule has 0 spiro atoms. The van der Waals surface area contributed by atoms with E-state index in [1.54, 1.807) is 24.4 Å². The van der Waals surface area contributed by atoms with Crippen molar-refractivity contribution >= 4 is 27.5 Å². The SMILES string of the molecule is [2H]C([2H])(Oc1ccc(C[C@H](NC(=O)O)[C@H](O)CN(CC(C)C)S(=O)(=O)c2ccc3c(c2)OCO3)cc1)c1csc(C)n1. The quantitative estimate of drug-likeness (QED) is 0.270. The summed E-state index contributed by atoms with van der Waals surface area (Å²) in [5, 5.41) is 25.2. The fourth-order valence-corrected chi connectivity index (χ4v) is 6.28. The zero-order chi connectivity index (χ0) is 30.7. The number of hydrogen-bond acceptors (Lipinski definition) is 9. The van der Waals surface area contributed by atoms with Gasteiger partial charge in [-0.25, -0.2) is 18.2 Å². The molecule has 2 aromatic carbocycles. The Morgan fingerprint density at radius 2 is 1.93 bits per heavy atom. The number of ether oxygens (including phenoxy) is 3. The van der Waals surface area contributed by atoms with Gasteiger partial charge in [-0.15, -0.1) is 11.3 Å². The summed E-state index contributed by atoms with van der Waals surface area (Å²) in [6.07, 6.45) is -2.74. The number of fused-ring (bicyclic) bond motifs is 1. The highest BCUT2D eigenvalue weighted by atomic mass is 32.2. The van der Waals surface area contributed by atoms with E-state index in [2.05, 4.69) is 10.3 Å². The van der Waals surface area contributed by atoms with Gasteiger partial charge in [0.15, 0.2) is 11.5 Å². The number of carboxylic acid groups (broad SMARTS) is 1. The van der Waals surface area contributed by atoms with Crippen LogP contribution in [0.4, 0.5) is 4.79 Å². The first-order valence-corrected chi connectivity index (χ1v) is 14.8. The van der Waals surface area contributed by atoms with E-state index in [0.717, 1.165) is 4.31 Å². The Hall–Kier alpha value is -3.39. The molecule has 1 aliphatic heterocycles. The van der Waals surface area contributed by atoms with E-state index < -0.39 is 34.8 Å².